The van der Waals surface area contributed by atoms with Gasteiger partial charge in [-0.2, -0.15) is 0 Å². The van der Waals surface area contributed by atoms with E-state index in [-0.39, 0.29) is 21.1 Å². The predicted octanol–water partition coefficient (Wildman–Crippen LogP) is -0.492. The van der Waals surface area contributed by atoms with E-state index in [0.717, 1.165) is 0 Å². The third-order valence-corrected chi connectivity index (χ3v) is 0. The Morgan fingerprint density at radius 3 is 0.778 bits per heavy atom. The molecule has 0 saturated carbocycles. The van der Waals surface area contributed by atoms with Crippen LogP contribution in [-0.4, -0.2) is 12.2 Å². The van der Waals surface area contributed by atoms with E-state index in [1.54, 1.807) is 27.7 Å². The van der Waals surface area contributed by atoms with Gasteiger partial charge in [0.2, 0.25) is 0 Å². The van der Waals surface area contributed by atoms with E-state index >= 15 is 0 Å². The molecule has 0 aliphatic heterocycles. The SMILES string of the molecule is CC(C)[O-].CC(C)[O-].[W+2]. The second kappa shape index (κ2) is 11.4. The minimum absolute atomic E-state index is 0. The standard InChI is InChI=1S/2C3H7O.W/c2*1-3(2)4;/h2*3H,1-2H3;/q2*-1;+2. The summed E-state index contributed by atoms with van der Waals surface area (Å²) < 4.78 is 0. The van der Waals surface area contributed by atoms with E-state index < -0.39 is 12.2 Å². The van der Waals surface area contributed by atoms with Crippen molar-refractivity contribution >= 4 is 0 Å². The van der Waals surface area contributed by atoms with Crippen molar-refractivity contribution in [2.24, 2.45) is 0 Å². The fourth-order valence-electron chi connectivity index (χ4n) is 0. The van der Waals surface area contributed by atoms with Crippen molar-refractivity contribution in [2.45, 2.75) is 39.9 Å². The van der Waals surface area contributed by atoms with E-state index in [4.69, 9.17) is 0 Å². The Morgan fingerprint density at radius 2 is 0.778 bits per heavy atom. The average molecular weight is 302 g/mol. The molecule has 3 heteroatoms. The molecule has 0 fully saturated rings. The molecule has 0 aromatic carbocycles. The third kappa shape index (κ3) is 1020. The first-order valence-electron chi connectivity index (χ1n) is 2.78. The fourth-order valence-corrected chi connectivity index (χ4v) is 0. The molecule has 9 heavy (non-hydrogen) atoms. The largest absolute Gasteiger partial charge is 2.00 e. The molecule has 0 aliphatic rings. The van der Waals surface area contributed by atoms with Gasteiger partial charge in [-0.3, -0.25) is 0 Å². The molecule has 0 aromatic heterocycles. The molecule has 0 saturated heterocycles. The van der Waals surface area contributed by atoms with Gasteiger partial charge in [0.1, 0.15) is 0 Å². The molecule has 0 aliphatic carbocycles. The summed E-state index contributed by atoms with van der Waals surface area (Å²) in [6, 6.07) is 0. The van der Waals surface area contributed by atoms with Gasteiger partial charge in [-0.1, -0.05) is 27.7 Å². The van der Waals surface area contributed by atoms with Crippen molar-refractivity contribution < 1.29 is 31.3 Å². The maximum Gasteiger partial charge on any atom is 2.00 e. The molecule has 0 amide bonds. The van der Waals surface area contributed by atoms with Crippen molar-refractivity contribution in [3.63, 3.8) is 0 Å². The van der Waals surface area contributed by atoms with Crippen LogP contribution in [0.2, 0.25) is 0 Å². The summed E-state index contributed by atoms with van der Waals surface area (Å²) in [5, 5.41) is 19.1. The summed E-state index contributed by atoms with van der Waals surface area (Å²) in [7, 11) is 0. The normalized spacial score (nSPS) is 8.00. The van der Waals surface area contributed by atoms with E-state index in [9.17, 15) is 10.2 Å². The molecular formula is C6H14O2W. The first-order valence-corrected chi connectivity index (χ1v) is 2.78. The topological polar surface area (TPSA) is 46.1 Å². The number of rotatable bonds is 0. The second-order valence-electron chi connectivity index (χ2n) is 2.10. The second-order valence-corrected chi connectivity index (χ2v) is 2.10. The van der Waals surface area contributed by atoms with Gasteiger partial charge >= 0.3 is 21.1 Å². The van der Waals surface area contributed by atoms with Crippen LogP contribution in [0.15, 0.2) is 0 Å². The molecule has 0 spiro atoms. The van der Waals surface area contributed by atoms with E-state index in [2.05, 4.69) is 0 Å². The number of hydrogen-bond donors (Lipinski definition) is 0. The molecule has 0 rings (SSSR count). The zero-order chi connectivity index (χ0) is 7.15. The van der Waals surface area contributed by atoms with E-state index in [1.165, 1.54) is 0 Å². The van der Waals surface area contributed by atoms with Crippen molar-refractivity contribution in [3.8, 4) is 0 Å². The van der Waals surface area contributed by atoms with Crippen LogP contribution in [0.4, 0.5) is 0 Å². The maximum atomic E-state index is 9.53. The summed E-state index contributed by atoms with van der Waals surface area (Å²) in [5.74, 6) is 0. The van der Waals surface area contributed by atoms with Crippen molar-refractivity contribution in [1.29, 1.82) is 0 Å². The van der Waals surface area contributed by atoms with Gasteiger partial charge in [-0.25, -0.2) is 0 Å². The van der Waals surface area contributed by atoms with Gasteiger partial charge in [0, 0.05) is 0 Å². The van der Waals surface area contributed by atoms with Gasteiger partial charge in [-0.15, -0.1) is 12.2 Å². The van der Waals surface area contributed by atoms with Crippen LogP contribution in [-0.2, 0) is 21.1 Å². The van der Waals surface area contributed by atoms with Crippen LogP contribution in [0.25, 0.3) is 0 Å². The van der Waals surface area contributed by atoms with Crippen molar-refractivity contribution in [1.82, 2.24) is 0 Å². The minimum Gasteiger partial charge on any atom is -0.852 e. The summed E-state index contributed by atoms with van der Waals surface area (Å²) in [5.41, 5.74) is 0. The molecule has 0 aromatic rings. The monoisotopic (exact) mass is 302 g/mol. The summed E-state index contributed by atoms with van der Waals surface area (Å²) in [6.45, 7) is 6.44. The Hall–Kier alpha value is 0.608. The van der Waals surface area contributed by atoms with Crippen molar-refractivity contribution in [2.75, 3.05) is 0 Å². The molecular weight excluding hydrogens is 288 g/mol. The van der Waals surface area contributed by atoms with Crippen molar-refractivity contribution in [3.05, 3.63) is 0 Å². The zero-order valence-corrected chi connectivity index (χ0v) is 9.31. The Kier molecular flexibility index (Phi) is 20.7. The Morgan fingerprint density at radius 1 is 0.778 bits per heavy atom. The minimum atomic E-state index is -0.417. The molecule has 0 unspecified atom stereocenters. The summed E-state index contributed by atoms with van der Waals surface area (Å²) in [4.78, 5) is 0. The smallest absolute Gasteiger partial charge is 0.852 e. The molecule has 0 atom stereocenters. The number of hydrogen-bond acceptors (Lipinski definition) is 2. The maximum absolute atomic E-state index is 9.53. The van der Waals surface area contributed by atoms with Crippen LogP contribution in [0, 0.1) is 0 Å². The van der Waals surface area contributed by atoms with Gasteiger partial charge in [0.15, 0.2) is 0 Å². The summed E-state index contributed by atoms with van der Waals surface area (Å²) in [6.07, 6.45) is -0.833. The quantitative estimate of drug-likeness (QED) is 0.606. The van der Waals surface area contributed by atoms with Gasteiger partial charge in [0.25, 0.3) is 0 Å². The van der Waals surface area contributed by atoms with Crippen LogP contribution < -0.4 is 10.2 Å². The average Bonchev–Trinajstić information content (AvgIpc) is 1.25. The molecule has 56 valence electrons. The molecule has 2 nitrogen and oxygen atoms in total. The Labute approximate surface area is 71.5 Å². The van der Waals surface area contributed by atoms with E-state index in [0.29, 0.717) is 0 Å². The zero-order valence-electron chi connectivity index (χ0n) is 6.38. The van der Waals surface area contributed by atoms with E-state index in [1.807, 2.05) is 0 Å². The Bertz CT molecular complexity index is 26.5. The van der Waals surface area contributed by atoms with Crippen LogP contribution in [0.3, 0.4) is 0 Å². The molecule has 0 bridgehead atoms. The Balaban J connectivity index is -0.0000000720. The molecule has 0 heterocycles. The van der Waals surface area contributed by atoms with Gasteiger partial charge < -0.3 is 10.2 Å². The third-order valence-electron chi connectivity index (χ3n) is 0. The van der Waals surface area contributed by atoms with Gasteiger partial charge in [0.05, 0.1) is 0 Å². The molecule has 0 N–H and O–H groups in total. The van der Waals surface area contributed by atoms with Gasteiger partial charge in [-0.05, 0) is 0 Å². The van der Waals surface area contributed by atoms with Crippen LogP contribution in [0.1, 0.15) is 27.7 Å². The first kappa shape index (κ1) is 16.3. The first-order chi connectivity index (χ1) is 3.46. The van der Waals surface area contributed by atoms with Crippen LogP contribution in [0.5, 0.6) is 0 Å². The predicted molar refractivity (Wildman–Crippen MR) is 30.3 cm³/mol. The fraction of sp³-hybridized carbons (Fsp3) is 1.00. The summed E-state index contributed by atoms with van der Waals surface area (Å²) >= 11 is 0. The van der Waals surface area contributed by atoms with Crippen LogP contribution >= 0.6 is 0 Å². The molecule has 0 radical (unpaired) electrons.